The highest BCUT2D eigenvalue weighted by Crippen LogP contribution is 2.28. The maximum Gasteiger partial charge on any atom is 0.337 e. The van der Waals surface area contributed by atoms with Gasteiger partial charge in [0.05, 0.1) is 24.8 Å². The topological polar surface area (TPSA) is 76.7 Å². The average Bonchev–Trinajstić information content (AvgIpc) is 2.46. The van der Waals surface area contributed by atoms with Gasteiger partial charge in [0.15, 0.2) is 0 Å². The lowest BCUT2D eigenvalue weighted by atomic mass is 9.95. The van der Waals surface area contributed by atoms with Crippen LogP contribution in [0.2, 0.25) is 0 Å². The van der Waals surface area contributed by atoms with Crippen LogP contribution in [-0.4, -0.2) is 25.2 Å². The number of hydrogen-bond donors (Lipinski definition) is 2. The van der Waals surface area contributed by atoms with Gasteiger partial charge < -0.3 is 20.1 Å². The molecule has 0 saturated heterocycles. The smallest absolute Gasteiger partial charge is 0.337 e. The number of esters is 1. The first kappa shape index (κ1) is 15.9. The molecule has 1 atom stereocenters. The summed E-state index contributed by atoms with van der Waals surface area (Å²) in [5.74, 6) is 0.261. The van der Waals surface area contributed by atoms with E-state index in [2.05, 4.69) is 10.6 Å². The number of methoxy groups -OCH3 is 1. The van der Waals surface area contributed by atoms with Crippen LogP contribution in [0, 0.1) is 0 Å². The Balaban J connectivity index is 2.33. The van der Waals surface area contributed by atoms with E-state index in [-0.39, 0.29) is 12.1 Å². The lowest BCUT2D eigenvalue weighted by Crippen LogP contribution is -2.45. The molecule has 2 N–H and O–H groups in total. The average molecular weight is 304 g/mol. The largest absolute Gasteiger partial charge is 0.491 e. The number of allylic oxidation sites excluding steroid dienone is 1. The molecule has 2 rings (SSSR count). The Morgan fingerprint density at radius 1 is 1.23 bits per heavy atom. The molecule has 1 aliphatic heterocycles. The number of benzene rings is 1. The molecule has 0 spiro atoms. The molecule has 1 heterocycles. The van der Waals surface area contributed by atoms with Crippen molar-refractivity contribution in [2.24, 2.45) is 0 Å². The van der Waals surface area contributed by atoms with Crippen molar-refractivity contribution in [3.63, 3.8) is 0 Å². The Bertz CT molecular complexity index is 605. The molecule has 6 heteroatoms. The first-order chi connectivity index (χ1) is 10.4. The van der Waals surface area contributed by atoms with Crippen LogP contribution < -0.4 is 15.4 Å². The van der Waals surface area contributed by atoms with Crippen molar-refractivity contribution in [3.8, 4) is 5.75 Å². The summed E-state index contributed by atoms with van der Waals surface area (Å²) in [6, 6.07) is 6.38. The number of ether oxygens (including phenoxy) is 2. The number of hydrogen-bond acceptors (Lipinski definition) is 4. The predicted octanol–water partition coefficient (Wildman–Crippen LogP) is 2.27. The van der Waals surface area contributed by atoms with Gasteiger partial charge in [0.2, 0.25) is 0 Å². The van der Waals surface area contributed by atoms with E-state index >= 15 is 0 Å². The second-order valence-electron chi connectivity index (χ2n) is 5.30. The fraction of sp³-hybridized carbons (Fsp3) is 0.375. The third-order valence-electron chi connectivity index (χ3n) is 3.26. The van der Waals surface area contributed by atoms with Crippen LogP contribution >= 0.6 is 0 Å². The number of nitrogens with one attached hydrogen (secondary N) is 2. The van der Waals surface area contributed by atoms with E-state index in [1.54, 1.807) is 6.92 Å². The summed E-state index contributed by atoms with van der Waals surface area (Å²) in [7, 11) is 1.32. The molecule has 118 valence electrons. The third kappa shape index (κ3) is 3.39. The van der Waals surface area contributed by atoms with Crippen molar-refractivity contribution in [2.45, 2.75) is 32.9 Å². The third-order valence-corrected chi connectivity index (χ3v) is 3.26. The minimum absolute atomic E-state index is 0.0807. The van der Waals surface area contributed by atoms with E-state index in [1.165, 1.54) is 7.11 Å². The van der Waals surface area contributed by atoms with E-state index in [0.717, 1.165) is 11.3 Å². The summed E-state index contributed by atoms with van der Waals surface area (Å²) >= 11 is 0. The number of amides is 2. The molecule has 1 unspecified atom stereocenters. The van der Waals surface area contributed by atoms with Gasteiger partial charge in [-0.05, 0) is 38.5 Å². The summed E-state index contributed by atoms with van der Waals surface area (Å²) < 4.78 is 10.4. The van der Waals surface area contributed by atoms with Crippen molar-refractivity contribution >= 4 is 12.0 Å². The van der Waals surface area contributed by atoms with Gasteiger partial charge in [0, 0.05) is 5.70 Å². The van der Waals surface area contributed by atoms with Crippen molar-refractivity contribution in [3.05, 3.63) is 41.1 Å². The number of carbonyl (C=O) groups excluding carboxylic acids is 2. The molecule has 1 aliphatic rings. The van der Waals surface area contributed by atoms with E-state index < -0.39 is 12.0 Å². The number of rotatable bonds is 4. The monoisotopic (exact) mass is 304 g/mol. The predicted molar refractivity (Wildman–Crippen MR) is 81.3 cm³/mol. The van der Waals surface area contributed by atoms with Crippen LogP contribution in [-0.2, 0) is 9.53 Å². The SMILES string of the molecule is COC(=O)C1=C(C)NC(=O)NC1c1ccc(OC(C)C)cc1. The van der Waals surface area contributed by atoms with Crippen LogP contribution in [0.4, 0.5) is 4.79 Å². The van der Waals surface area contributed by atoms with Crippen LogP contribution in [0.5, 0.6) is 5.75 Å². The van der Waals surface area contributed by atoms with Gasteiger partial charge in [0.1, 0.15) is 5.75 Å². The highest BCUT2D eigenvalue weighted by Gasteiger charge is 2.31. The molecule has 0 radical (unpaired) electrons. The fourth-order valence-corrected chi connectivity index (χ4v) is 2.34. The Hall–Kier alpha value is -2.50. The van der Waals surface area contributed by atoms with Crippen LogP contribution in [0.25, 0.3) is 0 Å². The van der Waals surface area contributed by atoms with Gasteiger partial charge in [-0.3, -0.25) is 0 Å². The van der Waals surface area contributed by atoms with Gasteiger partial charge >= 0.3 is 12.0 Å². The molecule has 22 heavy (non-hydrogen) atoms. The molecule has 2 amide bonds. The van der Waals surface area contributed by atoms with Gasteiger partial charge in [-0.25, -0.2) is 9.59 Å². The van der Waals surface area contributed by atoms with Gasteiger partial charge in [-0.2, -0.15) is 0 Å². The molecular weight excluding hydrogens is 284 g/mol. The molecule has 6 nitrogen and oxygen atoms in total. The Morgan fingerprint density at radius 2 is 1.86 bits per heavy atom. The van der Waals surface area contributed by atoms with E-state index in [9.17, 15) is 9.59 Å². The lowest BCUT2D eigenvalue weighted by molar-refractivity contribution is -0.136. The minimum Gasteiger partial charge on any atom is -0.491 e. The van der Waals surface area contributed by atoms with Crippen molar-refractivity contribution in [1.29, 1.82) is 0 Å². The van der Waals surface area contributed by atoms with Crippen LogP contribution in [0.3, 0.4) is 0 Å². The Kier molecular flexibility index (Phi) is 4.70. The first-order valence-electron chi connectivity index (χ1n) is 7.05. The maximum atomic E-state index is 12.0. The quantitative estimate of drug-likeness (QED) is 0.837. The second-order valence-corrected chi connectivity index (χ2v) is 5.30. The zero-order chi connectivity index (χ0) is 16.3. The molecule has 1 aromatic carbocycles. The summed E-state index contributed by atoms with van der Waals surface area (Å²) in [6.07, 6.45) is 0.0807. The zero-order valence-corrected chi connectivity index (χ0v) is 13.1. The Morgan fingerprint density at radius 3 is 2.41 bits per heavy atom. The standard InChI is InChI=1S/C16H20N2O4/c1-9(2)22-12-7-5-11(6-8-12)14-13(15(19)21-4)10(3)17-16(20)18-14/h5-9,14H,1-4H3,(H2,17,18,20). The van der Waals surface area contributed by atoms with Crippen molar-refractivity contribution in [1.82, 2.24) is 10.6 Å². The highest BCUT2D eigenvalue weighted by molar-refractivity contribution is 5.94. The second kappa shape index (κ2) is 6.51. The Labute approximate surface area is 129 Å². The van der Waals surface area contributed by atoms with E-state index in [4.69, 9.17) is 9.47 Å². The summed E-state index contributed by atoms with van der Waals surface area (Å²) in [4.78, 5) is 23.7. The van der Waals surface area contributed by atoms with Crippen molar-refractivity contribution < 1.29 is 19.1 Å². The first-order valence-corrected chi connectivity index (χ1v) is 7.05. The molecule has 0 saturated carbocycles. The molecule has 0 fully saturated rings. The van der Waals surface area contributed by atoms with Gasteiger partial charge in [-0.1, -0.05) is 12.1 Å². The van der Waals surface area contributed by atoms with Gasteiger partial charge in [0.25, 0.3) is 0 Å². The van der Waals surface area contributed by atoms with Crippen LogP contribution in [0.1, 0.15) is 32.4 Å². The van der Waals surface area contributed by atoms with Crippen molar-refractivity contribution in [2.75, 3.05) is 7.11 Å². The molecule has 1 aromatic rings. The summed E-state index contributed by atoms with van der Waals surface area (Å²) in [6.45, 7) is 5.57. The number of urea groups is 1. The van der Waals surface area contributed by atoms with E-state index in [0.29, 0.717) is 11.3 Å². The molecule has 0 bridgehead atoms. The zero-order valence-electron chi connectivity index (χ0n) is 13.1. The molecule has 0 aromatic heterocycles. The minimum atomic E-state index is -0.547. The number of carbonyl (C=O) groups is 2. The highest BCUT2D eigenvalue weighted by atomic mass is 16.5. The summed E-state index contributed by atoms with van der Waals surface area (Å²) in [5, 5.41) is 5.32. The maximum absolute atomic E-state index is 12.0. The molecule has 0 aliphatic carbocycles. The van der Waals surface area contributed by atoms with Gasteiger partial charge in [-0.15, -0.1) is 0 Å². The lowest BCUT2D eigenvalue weighted by Gasteiger charge is -2.28. The van der Waals surface area contributed by atoms with Crippen LogP contribution in [0.15, 0.2) is 35.5 Å². The summed E-state index contributed by atoms with van der Waals surface area (Å²) in [5.41, 5.74) is 1.66. The normalized spacial score (nSPS) is 17.9. The molecular formula is C16H20N2O4. The fourth-order valence-electron chi connectivity index (χ4n) is 2.34. The van der Waals surface area contributed by atoms with E-state index in [1.807, 2.05) is 38.1 Å².